The van der Waals surface area contributed by atoms with Gasteiger partial charge in [-0.05, 0) is 144 Å². The normalized spacial score (nSPS) is 11.5. The van der Waals surface area contributed by atoms with E-state index in [9.17, 15) is 0 Å². The van der Waals surface area contributed by atoms with Crippen molar-refractivity contribution in [2.75, 3.05) is 56.9 Å². The summed E-state index contributed by atoms with van der Waals surface area (Å²) < 4.78 is 46.3. The highest BCUT2D eigenvalue weighted by Gasteiger charge is 2.26. The minimum absolute atomic E-state index is 0.409. The zero-order valence-corrected chi connectivity index (χ0v) is 44.8. The molecule has 394 valence electrons. The van der Waals surface area contributed by atoms with Crippen LogP contribution in [0, 0.1) is 0 Å². The van der Waals surface area contributed by atoms with Gasteiger partial charge in [-0.1, -0.05) is 24.3 Å². The Morgan fingerprint density at radius 3 is 0.838 bits per heavy atom. The number of benzene rings is 8. The Balaban J connectivity index is 1.15. The van der Waals surface area contributed by atoms with Crippen molar-refractivity contribution in [1.29, 1.82) is 0 Å². The van der Waals surface area contributed by atoms with Gasteiger partial charge < -0.3 is 47.9 Å². The van der Waals surface area contributed by atoms with E-state index in [4.69, 9.17) is 67.8 Å². The van der Waals surface area contributed by atoms with E-state index in [1.165, 1.54) is 0 Å². The van der Waals surface area contributed by atoms with Crippen molar-refractivity contribution in [2.45, 2.75) is 0 Å². The summed E-state index contributed by atoms with van der Waals surface area (Å²) in [5.74, 6) is 7.13. The van der Waals surface area contributed by atoms with E-state index in [-0.39, 0.29) is 0 Å². The summed E-state index contributed by atoms with van der Waals surface area (Å²) in [7, 11) is 13.2. The summed E-state index contributed by atoms with van der Waals surface area (Å²) in [4.78, 5) is 39.4. The Kier molecular flexibility index (Phi) is 12.2. The van der Waals surface area contributed by atoms with Gasteiger partial charge >= 0.3 is 0 Å². The molecule has 8 aromatic carbocycles. The van der Waals surface area contributed by atoms with E-state index >= 15 is 0 Å². The molecule has 0 saturated carbocycles. The SMILES string of the molecule is COc1ccc(OC)c(-c2ccc3c(c2)-c2nc-3nc3[nH]c(nc4nc(nc5[nH]c(n2)c2ccc(-c6cc(OC)ccc6OC)cc52)-c2cc(-c5cc(OC)ccc5OC)ccc2-4)c2cc(-c4cc(OC)ccc4OC)ccc32)c1. The molecule has 0 aliphatic carbocycles. The molecule has 8 bridgehead atoms. The Bertz CT molecular complexity index is 4510. The van der Waals surface area contributed by atoms with Crippen LogP contribution in [0.5, 0.6) is 46.0 Å². The van der Waals surface area contributed by atoms with Crippen LogP contribution in [0.25, 0.3) is 134 Å². The second kappa shape index (κ2) is 19.8. The highest BCUT2D eigenvalue weighted by molar-refractivity contribution is 6.08. The number of nitrogens with one attached hydrogen (secondary N) is 2. The molecule has 11 aromatic rings. The number of ether oxygens (including phenoxy) is 8. The number of hydrogen-bond acceptors (Lipinski definition) is 14. The summed E-state index contributed by atoms with van der Waals surface area (Å²) in [6, 6.07) is 47.4. The van der Waals surface area contributed by atoms with Crippen LogP contribution in [0.3, 0.4) is 0 Å². The maximum absolute atomic E-state index is 5.90. The quantitative estimate of drug-likeness (QED) is 0.118. The van der Waals surface area contributed by atoms with E-state index in [2.05, 4.69) is 34.2 Å². The van der Waals surface area contributed by atoms with E-state index < -0.39 is 0 Å². The minimum Gasteiger partial charge on any atom is -0.497 e. The summed E-state index contributed by atoms with van der Waals surface area (Å²) in [6.45, 7) is 0. The molecule has 0 fully saturated rings. The number of hydrogen-bond donors (Lipinski definition) is 2. The predicted molar refractivity (Wildman–Crippen MR) is 310 cm³/mol. The van der Waals surface area contributed by atoms with Crippen LogP contribution in [0.2, 0.25) is 0 Å². The molecule has 2 aliphatic rings. The molecule has 2 aliphatic heterocycles. The van der Waals surface area contributed by atoms with Gasteiger partial charge in [-0.2, -0.15) is 0 Å². The van der Waals surface area contributed by atoms with Gasteiger partial charge in [-0.15, -0.1) is 0 Å². The van der Waals surface area contributed by atoms with Gasteiger partial charge in [0, 0.05) is 66.1 Å². The molecule has 80 heavy (non-hydrogen) atoms. The van der Waals surface area contributed by atoms with Gasteiger partial charge in [-0.25, -0.2) is 29.9 Å². The number of rotatable bonds is 12. The molecular formula is C64H50N8O8. The first-order chi connectivity index (χ1) is 39.2. The van der Waals surface area contributed by atoms with E-state index in [0.29, 0.717) is 91.9 Å². The van der Waals surface area contributed by atoms with Crippen LogP contribution in [0.1, 0.15) is 0 Å². The molecule has 0 unspecified atom stereocenters. The Labute approximate surface area is 458 Å². The maximum Gasteiger partial charge on any atom is 0.164 e. The van der Waals surface area contributed by atoms with Crippen LogP contribution in [0.4, 0.5) is 0 Å². The molecule has 0 spiro atoms. The molecule has 16 nitrogen and oxygen atoms in total. The summed E-state index contributed by atoms with van der Waals surface area (Å²) in [5.41, 5.74) is 11.8. The average Bonchev–Trinajstić information content (AvgIpc) is 4.32. The lowest BCUT2D eigenvalue weighted by atomic mass is 9.98. The number of fused-ring (bicyclic) bond motifs is 20. The zero-order valence-electron chi connectivity index (χ0n) is 44.8. The molecule has 5 heterocycles. The molecule has 2 N–H and O–H groups in total. The Morgan fingerprint density at radius 1 is 0.237 bits per heavy atom. The third-order valence-corrected chi connectivity index (χ3v) is 14.7. The number of nitrogens with zero attached hydrogens (tertiary/aromatic N) is 6. The lowest BCUT2D eigenvalue weighted by Gasteiger charge is -2.12. The van der Waals surface area contributed by atoms with Crippen molar-refractivity contribution in [2.24, 2.45) is 0 Å². The first-order valence-corrected chi connectivity index (χ1v) is 25.5. The van der Waals surface area contributed by atoms with Gasteiger partial charge in [0.2, 0.25) is 0 Å². The fourth-order valence-corrected chi connectivity index (χ4v) is 10.6. The third-order valence-electron chi connectivity index (χ3n) is 14.7. The van der Waals surface area contributed by atoms with Crippen molar-refractivity contribution in [3.63, 3.8) is 0 Å². The zero-order chi connectivity index (χ0) is 54.8. The Hall–Kier alpha value is -10.5. The van der Waals surface area contributed by atoms with Gasteiger partial charge in [0.25, 0.3) is 0 Å². The molecule has 16 heteroatoms. The molecule has 0 radical (unpaired) electrons. The van der Waals surface area contributed by atoms with Crippen molar-refractivity contribution in [3.05, 3.63) is 146 Å². The van der Waals surface area contributed by atoms with Gasteiger partial charge in [0.1, 0.15) is 68.6 Å². The fourth-order valence-electron chi connectivity index (χ4n) is 10.6. The molecule has 0 atom stereocenters. The molecular weight excluding hydrogens is 1010 g/mol. The second-order valence-electron chi connectivity index (χ2n) is 18.9. The third kappa shape index (κ3) is 8.32. The van der Waals surface area contributed by atoms with E-state index in [1.54, 1.807) is 56.9 Å². The van der Waals surface area contributed by atoms with Crippen molar-refractivity contribution in [1.82, 2.24) is 39.9 Å². The first kappa shape index (κ1) is 49.1. The highest BCUT2D eigenvalue weighted by Crippen LogP contribution is 2.45. The molecule has 0 saturated heterocycles. The van der Waals surface area contributed by atoms with Crippen LogP contribution >= 0.6 is 0 Å². The van der Waals surface area contributed by atoms with Crippen LogP contribution in [-0.4, -0.2) is 96.8 Å². The molecule has 13 rings (SSSR count). The second-order valence-corrected chi connectivity index (χ2v) is 18.9. The number of H-pyrrole nitrogens is 2. The van der Waals surface area contributed by atoms with Crippen molar-refractivity contribution < 1.29 is 37.9 Å². The Morgan fingerprint density at radius 2 is 0.525 bits per heavy atom. The maximum atomic E-state index is 5.90. The standard InChI is InChI=1S/C64H50N8O8/c1-73-37-13-21-53(77-5)45(29-37)33-9-17-41-49(25-33)61-66-57(41)65-58-42-18-10-34(46-30-38(74-2)14-22-54(46)78-6)26-50(42)62(67-58)69-60-44-20-12-36(48-32-40(76-4)16-24-56(48)80-8)28-52(44)64(71-60)72-63-51-27-35(11-19-43(51)59(68-61)70-63)47-31-39(75-3)15-23-55(47)79-7/h9-32H,1-8H3,(H2,65,66,67,68,69,70,71,72). The van der Waals surface area contributed by atoms with Crippen molar-refractivity contribution >= 4 is 44.1 Å². The lowest BCUT2D eigenvalue weighted by Crippen LogP contribution is -1.91. The largest absolute Gasteiger partial charge is 0.497 e. The van der Waals surface area contributed by atoms with Crippen LogP contribution in [0.15, 0.2) is 146 Å². The van der Waals surface area contributed by atoms with Gasteiger partial charge in [-0.3, -0.25) is 0 Å². The topological polar surface area (TPSA) is 183 Å². The smallest absolute Gasteiger partial charge is 0.164 e. The number of aromatic nitrogens is 8. The predicted octanol–water partition coefficient (Wildman–Crippen LogP) is 13.6. The molecule has 0 amide bonds. The highest BCUT2D eigenvalue weighted by atomic mass is 16.5. The monoisotopic (exact) mass is 1060 g/mol. The van der Waals surface area contributed by atoms with Crippen LogP contribution in [-0.2, 0) is 0 Å². The summed E-state index contributed by atoms with van der Waals surface area (Å²) >= 11 is 0. The summed E-state index contributed by atoms with van der Waals surface area (Å²) in [5, 5.41) is 3.11. The van der Waals surface area contributed by atoms with Gasteiger partial charge in [0.05, 0.1) is 56.9 Å². The van der Waals surface area contributed by atoms with Crippen LogP contribution < -0.4 is 37.9 Å². The fraction of sp³-hybridized carbons (Fsp3) is 0.125. The summed E-state index contributed by atoms with van der Waals surface area (Å²) in [6.07, 6.45) is 0. The molecule has 3 aromatic heterocycles. The number of aromatic amines is 2. The lowest BCUT2D eigenvalue weighted by molar-refractivity contribution is 0.404. The average molecular weight is 1060 g/mol. The number of methoxy groups -OCH3 is 8. The van der Waals surface area contributed by atoms with Crippen molar-refractivity contribution in [3.8, 4) is 136 Å². The van der Waals surface area contributed by atoms with Gasteiger partial charge in [0.15, 0.2) is 23.3 Å². The van der Waals surface area contributed by atoms with E-state index in [0.717, 1.165) is 88.3 Å². The van der Waals surface area contributed by atoms with E-state index in [1.807, 2.05) is 121 Å². The minimum atomic E-state index is 0.409. The first-order valence-electron chi connectivity index (χ1n) is 25.5.